The molecule has 0 aromatic rings. The van der Waals surface area contributed by atoms with Gasteiger partial charge >= 0.3 is 18.6 Å². The minimum Gasteiger partial charge on any atom is -0.222 e. The summed E-state index contributed by atoms with van der Waals surface area (Å²) in [5.74, 6) is 0. The van der Waals surface area contributed by atoms with E-state index >= 15 is 0 Å². The number of halogens is 5. The largest absolute Gasteiger partial charge is 5.00 e. The monoisotopic (exact) mass is 546 g/mol. The van der Waals surface area contributed by atoms with Gasteiger partial charge in [-0.15, -0.1) is 51.2 Å². The Morgan fingerprint density at radius 1 is 0.192 bits per heavy atom. The molecule has 0 aliphatic heterocycles. The molecule has 26 heavy (non-hydrogen) atoms. The molecule has 0 radical (unpaired) electrons. The van der Waals surface area contributed by atoms with Crippen molar-refractivity contribution in [3.05, 3.63) is 0 Å². The summed E-state index contributed by atoms with van der Waals surface area (Å²) in [6, 6.07) is 0. The predicted molar refractivity (Wildman–Crippen MR) is 0 cm³/mol. The van der Waals surface area contributed by atoms with E-state index < -0.39 is 51.2 Å². The molecule has 0 aliphatic carbocycles. The van der Waals surface area contributed by atoms with Gasteiger partial charge in [0.1, 0.15) is 0 Å². The van der Waals surface area contributed by atoms with Crippen LogP contribution in [0.5, 0.6) is 0 Å². The van der Waals surface area contributed by atoms with E-state index in [1.807, 2.05) is 0 Å². The molecule has 0 atom stereocenters. The van der Waals surface area contributed by atoms with Crippen LogP contribution in [0, 0.1) is 51.2 Å². The van der Waals surface area contributed by atoms with Gasteiger partial charge in [0.25, 0.3) is 0 Å². The van der Waals surface area contributed by atoms with E-state index in [4.69, 9.17) is 93.2 Å². The molecule has 0 N–H and O–H groups in total. The second-order valence-electron chi connectivity index (χ2n) is 1.89. The summed E-state index contributed by atoms with van der Waals surface area (Å²) in [6.07, 6.45) is 0. The number of hydrogen-bond acceptors (Lipinski definition) is 20. The molecule has 0 amide bonds. The molecule has 0 saturated carbocycles. The summed E-state index contributed by atoms with van der Waals surface area (Å²) in [5.41, 5.74) is 0. The van der Waals surface area contributed by atoms with Gasteiger partial charge in [-0.1, -0.05) is 0 Å². The first kappa shape index (κ1) is 41.6. The van der Waals surface area contributed by atoms with Crippen molar-refractivity contribution in [1.82, 2.24) is 0 Å². The maximum atomic E-state index is 8.49. The van der Waals surface area contributed by atoms with Gasteiger partial charge in [0.15, 0.2) is 0 Å². The average Bonchev–Trinajstić information content (AvgIpc) is 1.79. The van der Waals surface area contributed by atoms with Crippen LogP contribution < -0.4 is 93.2 Å². The van der Waals surface area contributed by atoms with Crippen molar-refractivity contribution in [2.24, 2.45) is 0 Å². The van der Waals surface area contributed by atoms with Crippen molar-refractivity contribution < 1.29 is 163 Å². The fourth-order valence-corrected chi connectivity index (χ4v) is 0. The van der Waals surface area contributed by atoms with Gasteiger partial charge in [0.05, 0.1) is 0 Å². The first-order valence-corrected chi connectivity index (χ1v) is 9.26. The van der Waals surface area contributed by atoms with Crippen LogP contribution in [-0.2, 0) is 18.6 Å². The molecule has 0 unspecified atom stereocenters. The number of hydrogen-bond donors (Lipinski definition) is 0. The Morgan fingerprint density at radius 3 is 0.192 bits per heavy atom. The smallest absolute Gasteiger partial charge is 0.222 e. The van der Waals surface area contributed by atoms with Gasteiger partial charge in [-0.3, -0.25) is 0 Å². The Balaban J connectivity index is -0.0000000476. The van der Waals surface area contributed by atoms with Crippen LogP contribution in [0.1, 0.15) is 0 Å². The molecule has 0 aliphatic rings. The van der Waals surface area contributed by atoms with Crippen molar-refractivity contribution in [3.63, 3.8) is 0 Å². The molecule has 0 saturated heterocycles. The van der Waals surface area contributed by atoms with E-state index in [9.17, 15) is 0 Å². The van der Waals surface area contributed by atoms with Gasteiger partial charge in [-0.2, -0.15) is 0 Å². The third-order valence-electron chi connectivity index (χ3n) is 0. The summed E-state index contributed by atoms with van der Waals surface area (Å²) in [5, 5.41) is 0. The average molecular weight is 548 g/mol. The molecule has 0 heterocycles. The molecule has 0 aromatic carbocycles. The van der Waals surface area contributed by atoms with Crippen molar-refractivity contribution in [2.75, 3.05) is 0 Å². The molecule has 0 spiro atoms. The Labute approximate surface area is 163 Å². The van der Waals surface area contributed by atoms with Gasteiger partial charge in [-0.25, -0.2) is 93.2 Å². The molecule has 0 bridgehead atoms. The zero-order valence-corrected chi connectivity index (χ0v) is 15.7. The van der Waals surface area contributed by atoms with Crippen LogP contribution in [0.4, 0.5) is 0 Å². The minimum absolute atomic E-state index is 0. The zero-order chi connectivity index (χ0) is 22.5. The molecular weight excluding hydrogens is 548 g/mol. The van der Waals surface area contributed by atoms with Crippen molar-refractivity contribution in [1.29, 1.82) is 0 Å². The SMILES string of the molecule is [O-][Cl+3]([O-])([O-])[O-].[O-][Cl+3]([O-])([O-])[O-].[O-][Cl+3]([O-])([O-])[O-].[O-][Cl+3]([O-])([O-])[O-].[O-][Cl+3]([O-])([O-])[O-].[V+5]. The molecule has 160 valence electrons. The second-order valence-corrected chi connectivity index (χ2v) is 5.67. The fourth-order valence-electron chi connectivity index (χ4n) is 0. The van der Waals surface area contributed by atoms with Crippen LogP contribution in [-0.4, -0.2) is 0 Å². The van der Waals surface area contributed by atoms with E-state index in [2.05, 4.69) is 0 Å². The third kappa shape index (κ3) is 9730. The zero-order valence-electron chi connectivity index (χ0n) is 10.5. The summed E-state index contributed by atoms with van der Waals surface area (Å²) >= 11 is 0. The summed E-state index contributed by atoms with van der Waals surface area (Å²) in [6.45, 7) is 0. The van der Waals surface area contributed by atoms with E-state index in [0.29, 0.717) is 0 Å². The first-order valence-electron chi connectivity index (χ1n) is 3.09. The maximum Gasteiger partial charge on any atom is 5.00 e. The molecular formula is Cl5O20V. The Kier molecular flexibility index (Phi) is 27.4. The van der Waals surface area contributed by atoms with Crippen molar-refractivity contribution in [2.45, 2.75) is 0 Å². The van der Waals surface area contributed by atoms with Gasteiger partial charge in [0.2, 0.25) is 0 Å². The number of rotatable bonds is 0. The van der Waals surface area contributed by atoms with E-state index in [-0.39, 0.29) is 18.6 Å². The maximum absolute atomic E-state index is 8.49. The van der Waals surface area contributed by atoms with Crippen LogP contribution in [0.15, 0.2) is 0 Å². The molecule has 26 heteroatoms. The fraction of sp³-hybridized carbons (Fsp3) is 0. The molecule has 0 rings (SSSR count). The first-order chi connectivity index (χ1) is 10.0. The van der Waals surface area contributed by atoms with Crippen molar-refractivity contribution in [3.8, 4) is 0 Å². The van der Waals surface area contributed by atoms with E-state index in [1.54, 1.807) is 0 Å². The van der Waals surface area contributed by atoms with E-state index in [1.165, 1.54) is 0 Å². The predicted octanol–water partition coefficient (Wildman–Crippen LogP) is -23.8. The molecule has 0 fully saturated rings. The Hall–Kier alpha value is 1.23. The van der Waals surface area contributed by atoms with E-state index in [0.717, 1.165) is 0 Å². The normalized spacial score (nSPS) is 11.5. The molecule has 0 aromatic heterocycles. The topological polar surface area (TPSA) is 461 Å². The minimum atomic E-state index is -4.94. The van der Waals surface area contributed by atoms with Crippen LogP contribution in [0.2, 0.25) is 0 Å². The summed E-state index contributed by atoms with van der Waals surface area (Å²) < 4.78 is 170. The van der Waals surface area contributed by atoms with Crippen LogP contribution in [0.3, 0.4) is 0 Å². The quantitative estimate of drug-likeness (QED) is 0.271. The second kappa shape index (κ2) is 17.1. The standard InChI is InChI=1S/5ClHO4.V/c5*2-1(3,4)5;/h5*(H,2,3,4,5);/q;;;;;+5/p-5. The summed E-state index contributed by atoms with van der Waals surface area (Å²) in [7, 11) is -24.7. The van der Waals surface area contributed by atoms with Crippen LogP contribution in [0.25, 0.3) is 0 Å². The molecule has 20 nitrogen and oxygen atoms in total. The van der Waals surface area contributed by atoms with Crippen LogP contribution >= 0.6 is 0 Å². The van der Waals surface area contributed by atoms with Gasteiger partial charge in [0, 0.05) is 0 Å². The summed E-state index contributed by atoms with van der Waals surface area (Å²) in [4.78, 5) is 0. The van der Waals surface area contributed by atoms with Gasteiger partial charge in [-0.05, 0) is 0 Å². The van der Waals surface area contributed by atoms with Gasteiger partial charge < -0.3 is 0 Å². The third-order valence-corrected chi connectivity index (χ3v) is 0. The Morgan fingerprint density at radius 2 is 0.192 bits per heavy atom. The Bertz CT molecular complexity index is 171. The van der Waals surface area contributed by atoms with Crippen molar-refractivity contribution >= 4 is 0 Å².